The first kappa shape index (κ1) is 16.2. The van der Waals surface area contributed by atoms with Crippen LogP contribution < -0.4 is 5.32 Å². The van der Waals surface area contributed by atoms with Crippen LogP contribution in [0.1, 0.15) is 30.9 Å². The number of benzene rings is 1. The van der Waals surface area contributed by atoms with Crippen molar-refractivity contribution >= 4 is 15.9 Å². The van der Waals surface area contributed by atoms with Crippen LogP contribution in [0.25, 0.3) is 0 Å². The summed E-state index contributed by atoms with van der Waals surface area (Å²) in [6, 6.07) is 4.97. The molecular weight excluding hydrogens is 333 g/mol. The molecule has 0 bridgehead atoms. The summed E-state index contributed by atoms with van der Waals surface area (Å²) >= 11 is 3.33. The van der Waals surface area contributed by atoms with Gasteiger partial charge in [0.15, 0.2) is 0 Å². The van der Waals surface area contributed by atoms with Crippen molar-refractivity contribution in [3.05, 3.63) is 51.8 Å². The van der Waals surface area contributed by atoms with Gasteiger partial charge in [-0.2, -0.15) is 0 Å². The molecule has 3 nitrogen and oxygen atoms in total. The second kappa shape index (κ2) is 7.18. The minimum atomic E-state index is -0.225. The van der Waals surface area contributed by atoms with E-state index in [4.69, 9.17) is 0 Å². The topological polar surface area (TPSA) is 29.9 Å². The fourth-order valence-electron chi connectivity index (χ4n) is 2.25. The molecule has 1 aromatic heterocycles. The van der Waals surface area contributed by atoms with E-state index in [9.17, 15) is 4.39 Å². The number of aryl methyl sites for hydroxylation is 1. The van der Waals surface area contributed by atoms with Crippen LogP contribution in [-0.2, 0) is 13.1 Å². The van der Waals surface area contributed by atoms with E-state index >= 15 is 0 Å². The minimum Gasteiger partial charge on any atom is -0.327 e. The molecule has 0 aliphatic heterocycles. The minimum absolute atomic E-state index is 0.225. The van der Waals surface area contributed by atoms with Gasteiger partial charge in [0.2, 0.25) is 0 Å². The van der Waals surface area contributed by atoms with Gasteiger partial charge in [-0.1, -0.05) is 29.8 Å². The molecule has 0 fully saturated rings. The Kier molecular flexibility index (Phi) is 5.53. The fraction of sp³-hybridized carbons (Fsp3) is 0.438. The van der Waals surface area contributed by atoms with E-state index in [0.717, 1.165) is 34.6 Å². The van der Waals surface area contributed by atoms with E-state index in [2.05, 4.69) is 44.6 Å². The summed E-state index contributed by atoms with van der Waals surface area (Å²) in [5, 5.41) is 3.42. The van der Waals surface area contributed by atoms with Crippen LogP contribution in [0.3, 0.4) is 0 Å². The van der Waals surface area contributed by atoms with Gasteiger partial charge in [-0.25, -0.2) is 9.37 Å². The number of hydrogen-bond donors (Lipinski definition) is 1. The molecule has 0 amide bonds. The third-order valence-electron chi connectivity index (χ3n) is 3.26. The summed E-state index contributed by atoms with van der Waals surface area (Å²) in [5.74, 6) is 1.33. The second-order valence-corrected chi connectivity index (χ2v) is 6.60. The van der Waals surface area contributed by atoms with Crippen molar-refractivity contribution in [3.63, 3.8) is 0 Å². The summed E-state index contributed by atoms with van der Waals surface area (Å²) in [5.41, 5.74) is 2.04. The standard InChI is InChI=1S/C16H21BrFN3/c1-11(2)7-19-8-16-9-20-12(3)21(16)10-13-4-14(17)6-15(18)5-13/h4-6,9,11,19H,7-8,10H2,1-3H3. The van der Waals surface area contributed by atoms with E-state index in [0.29, 0.717) is 12.5 Å². The maximum Gasteiger partial charge on any atom is 0.124 e. The van der Waals surface area contributed by atoms with Crippen LogP contribution in [0, 0.1) is 18.7 Å². The zero-order chi connectivity index (χ0) is 15.4. The predicted molar refractivity (Wildman–Crippen MR) is 86.7 cm³/mol. The van der Waals surface area contributed by atoms with Gasteiger partial charge in [-0.15, -0.1) is 0 Å². The molecule has 0 aliphatic rings. The lowest BCUT2D eigenvalue weighted by atomic mass is 10.2. The maximum absolute atomic E-state index is 13.5. The van der Waals surface area contributed by atoms with Crippen LogP contribution >= 0.6 is 15.9 Å². The fourth-order valence-corrected chi connectivity index (χ4v) is 2.76. The van der Waals surface area contributed by atoms with Crippen molar-refractivity contribution in [1.29, 1.82) is 0 Å². The molecule has 0 aliphatic carbocycles. The molecule has 0 spiro atoms. The number of nitrogens with one attached hydrogen (secondary N) is 1. The van der Waals surface area contributed by atoms with Crippen LogP contribution in [0.15, 0.2) is 28.9 Å². The van der Waals surface area contributed by atoms with Crippen molar-refractivity contribution in [2.75, 3.05) is 6.54 Å². The highest BCUT2D eigenvalue weighted by Gasteiger charge is 2.08. The molecule has 5 heteroatoms. The van der Waals surface area contributed by atoms with Gasteiger partial charge in [0.05, 0.1) is 5.69 Å². The number of rotatable bonds is 6. The molecule has 1 N–H and O–H groups in total. The molecule has 0 atom stereocenters. The predicted octanol–water partition coefficient (Wildman–Crippen LogP) is 3.89. The van der Waals surface area contributed by atoms with Gasteiger partial charge < -0.3 is 9.88 Å². The number of halogens is 2. The number of imidazole rings is 1. The van der Waals surface area contributed by atoms with Crippen LogP contribution in [-0.4, -0.2) is 16.1 Å². The normalized spacial score (nSPS) is 11.3. The Morgan fingerprint density at radius 3 is 2.76 bits per heavy atom. The summed E-state index contributed by atoms with van der Waals surface area (Å²) in [6.07, 6.45) is 1.89. The lowest BCUT2D eigenvalue weighted by Crippen LogP contribution is -2.21. The summed E-state index contributed by atoms with van der Waals surface area (Å²) in [6.45, 7) is 8.70. The van der Waals surface area contributed by atoms with Crippen molar-refractivity contribution in [2.45, 2.75) is 33.9 Å². The molecule has 114 valence electrons. The quantitative estimate of drug-likeness (QED) is 0.853. The Morgan fingerprint density at radius 2 is 2.10 bits per heavy atom. The third-order valence-corrected chi connectivity index (χ3v) is 3.72. The number of nitrogens with zero attached hydrogens (tertiary/aromatic N) is 2. The first-order valence-electron chi connectivity index (χ1n) is 7.12. The van der Waals surface area contributed by atoms with Gasteiger partial charge in [-0.3, -0.25) is 0 Å². The molecule has 0 unspecified atom stereocenters. The molecule has 0 saturated heterocycles. The molecule has 1 aromatic carbocycles. The molecule has 1 heterocycles. The zero-order valence-corrected chi connectivity index (χ0v) is 14.2. The Balaban J connectivity index is 2.13. The molecule has 21 heavy (non-hydrogen) atoms. The Morgan fingerprint density at radius 1 is 1.33 bits per heavy atom. The third kappa shape index (κ3) is 4.64. The summed E-state index contributed by atoms with van der Waals surface area (Å²) in [7, 11) is 0. The van der Waals surface area contributed by atoms with E-state index in [1.807, 2.05) is 19.2 Å². The van der Waals surface area contributed by atoms with Crippen LogP contribution in [0.4, 0.5) is 4.39 Å². The average molecular weight is 354 g/mol. The average Bonchev–Trinajstić information content (AvgIpc) is 2.70. The van der Waals surface area contributed by atoms with Gasteiger partial charge in [-0.05, 0) is 43.1 Å². The SMILES string of the molecule is Cc1ncc(CNCC(C)C)n1Cc1cc(F)cc(Br)c1. The molecule has 2 rings (SSSR count). The van der Waals surface area contributed by atoms with Crippen molar-refractivity contribution < 1.29 is 4.39 Å². The van der Waals surface area contributed by atoms with E-state index < -0.39 is 0 Å². The smallest absolute Gasteiger partial charge is 0.124 e. The van der Waals surface area contributed by atoms with Crippen molar-refractivity contribution in [1.82, 2.24) is 14.9 Å². The second-order valence-electron chi connectivity index (χ2n) is 5.69. The van der Waals surface area contributed by atoms with Gasteiger partial charge in [0.1, 0.15) is 11.6 Å². The molecule has 0 radical (unpaired) electrons. The lowest BCUT2D eigenvalue weighted by molar-refractivity contribution is 0.537. The highest BCUT2D eigenvalue weighted by molar-refractivity contribution is 9.10. The van der Waals surface area contributed by atoms with Crippen LogP contribution in [0.5, 0.6) is 0 Å². The largest absolute Gasteiger partial charge is 0.327 e. The number of aromatic nitrogens is 2. The van der Waals surface area contributed by atoms with Gasteiger partial charge >= 0.3 is 0 Å². The number of hydrogen-bond acceptors (Lipinski definition) is 2. The summed E-state index contributed by atoms with van der Waals surface area (Å²) in [4.78, 5) is 4.37. The highest BCUT2D eigenvalue weighted by Crippen LogP contribution is 2.17. The van der Waals surface area contributed by atoms with E-state index in [-0.39, 0.29) is 5.82 Å². The van der Waals surface area contributed by atoms with Crippen LogP contribution in [0.2, 0.25) is 0 Å². The van der Waals surface area contributed by atoms with E-state index in [1.165, 1.54) is 6.07 Å². The Bertz CT molecular complexity index is 587. The molecule has 0 saturated carbocycles. The molecular formula is C16H21BrFN3. The lowest BCUT2D eigenvalue weighted by Gasteiger charge is -2.12. The van der Waals surface area contributed by atoms with Crippen molar-refractivity contribution in [2.24, 2.45) is 5.92 Å². The Hall–Kier alpha value is -1.20. The van der Waals surface area contributed by atoms with Gasteiger partial charge in [0, 0.05) is 23.8 Å². The van der Waals surface area contributed by atoms with Gasteiger partial charge in [0.25, 0.3) is 0 Å². The Labute approximate surface area is 133 Å². The highest BCUT2D eigenvalue weighted by atomic mass is 79.9. The van der Waals surface area contributed by atoms with Crippen molar-refractivity contribution in [3.8, 4) is 0 Å². The maximum atomic E-state index is 13.5. The first-order valence-corrected chi connectivity index (χ1v) is 7.91. The monoisotopic (exact) mass is 353 g/mol. The first-order chi connectivity index (χ1) is 9.95. The van der Waals surface area contributed by atoms with E-state index in [1.54, 1.807) is 6.07 Å². The molecule has 2 aromatic rings. The summed E-state index contributed by atoms with van der Waals surface area (Å²) < 4.78 is 16.4. The zero-order valence-electron chi connectivity index (χ0n) is 12.7.